The van der Waals surface area contributed by atoms with Crippen molar-refractivity contribution in [2.24, 2.45) is 5.73 Å². The van der Waals surface area contributed by atoms with Crippen LogP contribution in [-0.2, 0) is 0 Å². The number of hydrogen-bond donors (Lipinski definition) is 2. The van der Waals surface area contributed by atoms with Gasteiger partial charge in [0, 0.05) is 29.6 Å². The van der Waals surface area contributed by atoms with Gasteiger partial charge in [-0.3, -0.25) is 9.78 Å². The molecule has 0 aliphatic heterocycles. The van der Waals surface area contributed by atoms with Crippen molar-refractivity contribution in [2.75, 3.05) is 6.54 Å². The van der Waals surface area contributed by atoms with E-state index in [0.29, 0.717) is 35.3 Å². The minimum Gasteiger partial charge on any atom is -0.352 e. The van der Waals surface area contributed by atoms with Crippen LogP contribution >= 0.6 is 0 Å². The van der Waals surface area contributed by atoms with Crippen molar-refractivity contribution in [3.8, 4) is 0 Å². The first-order valence-corrected chi connectivity index (χ1v) is 7.68. The number of nitrogens with two attached hydrogens (primary N) is 1. The van der Waals surface area contributed by atoms with E-state index in [0.717, 1.165) is 18.5 Å². The lowest BCUT2D eigenvalue weighted by atomic mass is 10.0. The highest BCUT2D eigenvalue weighted by molar-refractivity contribution is 6.06. The van der Waals surface area contributed by atoms with Crippen molar-refractivity contribution >= 4 is 16.8 Å². The standard InChI is InChI=1S/C17H20FN3O/c1-10(19)6-7-20-17(22)14-9-16(11-2-3-11)21-15-5-4-12(18)8-13(14)15/h4-5,8-11H,2-3,6-7,19H2,1H3,(H,20,22). The fourth-order valence-corrected chi connectivity index (χ4v) is 2.50. The van der Waals surface area contributed by atoms with Crippen LogP contribution in [-0.4, -0.2) is 23.5 Å². The molecule has 3 N–H and O–H groups in total. The molecule has 1 amide bonds. The lowest BCUT2D eigenvalue weighted by Crippen LogP contribution is -2.29. The van der Waals surface area contributed by atoms with Gasteiger partial charge in [0.05, 0.1) is 11.1 Å². The monoisotopic (exact) mass is 301 g/mol. The number of carbonyl (C=O) groups excluding carboxylic acids is 1. The number of halogens is 1. The van der Waals surface area contributed by atoms with Crippen LogP contribution in [0.25, 0.3) is 10.9 Å². The fourth-order valence-electron chi connectivity index (χ4n) is 2.50. The molecule has 3 rings (SSSR count). The van der Waals surface area contributed by atoms with Gasteiger partial charge < -0.3 is 11.1 Å². The van der Waals surface area contributed by atoms with Crippen LogP contribution in [0.4, 0.5) is 4.39 Å². The predicted octanol–water partition coefficient (Wildman–Crippen LogP) is 2.72. The summed E-state index contributed by atoms with van der Waals surface area (Å²) in [5, 5.41) is 3.42. The van der Waals surface area contributed by atoms with E-state index in [1.807, 2.05) is 6.92 Å². The summed E-state index contributed by atoms with van der Waals surface area (Å²) < 4.78 is 13.5. The van der Waals surface area contributed by atoms with Gasteiger partial charge in [-0.05, 0) is 50.5 Å². The predicted molar refractivity (Wildman–Crippen MR) is 84.3 cm³/mol. The number of aromatic nitrogens is 1. The average molecular weight is 301 g/mol. The molecule has 4 nitrogen and oxygen atoms in total. The number of fused-ring (bicyclic) bond motifs is 1. The van der Waals surface area contributed by atoms with Crippen LogP contribution in [0.1, 0.15) is 48.2 Å². The third kappa shape index (κ3) is 3.25. The van der Waals surface area contributed by atoms with Crippen molar-refractivity contribution in [3.63, 3.8) is 0 Å². The number of hydrogen-bond acceptors (Lipinski definition) is 3. The second-order valence-corrected chi connectivity index (χ2v) is 6.05. The summed E-state index contributed by atoms with van der Waals surface area (Å²) in [6.07, 6.45) is 2.91. The Morgan fingerprint density at radius 3 is 2.91 bits per heavy atom. The van der Waals surface area contributed by atoms with Gasteiger partial charge in [0.15, 0.2) is 0 Å². The second-order valence-electron chi connectivity index (χ2n) is 6.05. The fraction of sp³-hybridized carbons (Fsp3) is 0.412. The highest BCUT2D eigenvalue weighted by Crippen LogP contribution is 2.40. The molecule has 1 atom stereocenters. The first-order valence-electron chi connectivity index (χ1n) is 7.68. The van der Waals surface area contributed by atoms with Gasteiger partial charge in [-0.15, -0.1) is 0 Å². The van der Waals surface area contributed by atoms with E-state index in [9.17, 15) is 9.18 Å². The van der Waals surface area contributed by atoms with E-state index in [1.54, 1.807) is 12.1 Å². The molecular formula is C17H20FN3O. The Kier molecular flexibility index (Phi) is 4.07. The first kappa shape index (κ1) is 14.9. The van der Waals surface area contributed by atoms with E-state index in [2.05, 4.69) is 10.3 Å². The zero-order chi connectivity index (χ0) is 15.7. The lowest BCUT2D eigenvalue weighted by molar-refractivity contribution is 0.0954. The summed E-state index contributed by atoms with van der Waals surface area (Å²) in [5.41, 5.74) is 7.78. The Labute approximate surface area is 128 Å². The highest BCUT2D eigenvalue weighted by Gasteiger charge is 2.27. The number of benzene rings is 1. The van der Waals surface area contributed by atoms with E-state index in [-0.39, 0.29) is 17.8 Å². The molecule has 116 valence electrons. The number of nitrogens with zero attached hydrogens (tertiary/aromatic N) is 1. The molecule has 1 aromatic heterocycles. The van der Waals surface area contributed by atoms with Crippen LogP contribution in [0.2, 0.25) is 0 Å². The van der Waals surface area contributed by atoms with E-state index in [4.69, 9.17) is 5.73 Å². The molecule has 5 heteroatoms. The topological polar surface area (TPSA) is 68.0 Å². The highest BCUT2D eigenvalue weighted by atomic mass is 19.1. The largest absolute Gasteiger partial charge is 0.352 e. The molecule has 0 bridgehead atoms. The molecule has 1 aliphatic rings. The van der Waals surface area contributed by atoms with Crippen molar-refractivity contribution < 1.29 is 9.18 Å². The van der Waals surface area contributed by atoms with Crippen molar-refractivity contribution in [1.29, 1.82) is 0 Å². The summed E-state index contributed by atoms with van der Waals surface area (Å²) in [4.78, 5) is 17.0. The first-order chi connectivity index (χ1) is 10.5. The molecule has 0 saturated heterocycles. The zero-order valence-electron chi connectivity index (χ0n) is 12.6. The maximum absolute atomic E-state index is 13.5. The minimum absolute atomic E-state index is 0.0361. The molecule has 1 heterocycles. The summed E-state index contributed by atoms with van der Waals surface area (Å²) in [6.45, 7) is 2.41. The van der Waals surface area contributed by atoms with Crippen LogP contribution in [0.5, 0.6) is 0 Å². The molecule has 1 saturated carbocycles. The molecule has 0 spiro atoms. The maximum atomic E-state index is 13.5. The van der Waals surface area contributed by atoms with Gasteiger partial charge in [-0.25, -0.2) is 4.39 Å². The Morgan fingerprint density at radius 1 is 1.45 bits per heavy atom. The molecule has 1 aliphatic carbocycles. The second kappa shape index (κ2) is 6.01. The van der Waals surface area contributed by atoms with Crippen LogP contribution in [0, 0.1) is 5.82 Å². The van der Waals surface area contributed by atoms with Crippen LogP contribution < -0.4 is 11.1 Å². The number of nitrogens with one attached hydrogen (secondary N) is 1. The summed E-state index contributed by atoms with van der Waals surface area (Å²) in [7, 11) is 0. The van der Waals surface area contributed by atoms with Crippen molar-refractivity contribution in [2.45, 2.75) is 38.1 Å². The Bertz CT molecular complexity index is 710. The maximum Gasteiger partial charge on any atom is 0.252 e. The molecule has 1 unspecified atom stereocenters. The van der Waals surface area contributed by atoms with Crippen LogP contribution in [0.3, 0.4) is 0 Å². The normalized spacial score (nSPS) is 15.8. The van der Waals surface area contributed by atoms with E-state index in [1.165, 1.54) is 12.1 Å². The third-order valence-electron chi connectivity index (χ3n) is 3.92. The van der Waals surface area contributed by atoms with Gasteiger partial charge in [0.1, 0.15) is 5.82 Å². The Morgan fingerprint density at radius 2 is 2.23 bits per heavy atom. The van der Waals surface area contributed by atoms with Gasteiger partial charge in [0.2, 0.25) is 0 Å². The lowest BCUT2D eigenvalue weighted by Gasteiger charge is -2.11. The quantitative estimate of drug-likeness (QED) is 0.892. The third-order valence-corrected chi connectivity index (χ3v) is 3.92. The average Bonchev–Trinajstić information content (AvgIpc) is 3.30. The Hall–Kier alpha value is -2.01. The number of amides is 1. The molecule has 2 aromatic rings. The molecule has 1 aromatic carbocycles. The molecule has 1 fully saturated rings. The van der Waals surface area contributed by atoms with E-state index >= 15 is 0 Å². The minimum atomic E-state index is -0.363. The van der Waals surface area contributed by atoms with E-state index < -0.39 is 0 Å². The van der Waals surface area contributed by atoms with Gasteiger partial charge in [-0.1, -0.05) is 0 Å². The Balaban J connectivity index is 1.94. The molecule has 22 heavy (non-hydrogen) atoms. The van der Waals surface area contributed by atoms with Gasteiger partial charge in [-0.2, -0.15) is 0 Å². The number of carbonyl (C=O) groups is 1. The summed E-state index contributed by atoms with van der Waals surface area (Å²) in [5.74, 6) is -0.122. The van der Waals surface area contributed by atoms with Crippen LogP contribution in [0.15, 0.2) is 24.3 Å². The van der Waals surface area contributed by atoms with Crippen molar-refractivity contribution in [3.05, 3.63) is 41.3 Å². The van der Waals surface area contributed by atoms with Crippen molar-refractivity contribution in [1.82, 2.24) is 10.3 Å². The zero-order valence-corrected chi connectivity index (χ0v) is 12.6. The summed E-state index contributed by atoms with van der Waals surface area (Å²) in [6, 6.07) is 6.23. The molecule has 0 radical (unpaired) electrons. The number of pyridine rings is 1. The van der Waals surface area contributed by atoms with Gasteiger partial charge >= 0.3 is 0 Å². The smallest absolute Gasteiger partial charge is 0.252 e. The summed E-state index contributed by atoms with van der Waals surface area (Å²) >= 11 is 0. The van der Waals surface area contributed by atoms with Gasteiger partial charge in [0.25, 0.3) is 5.91 Å². The number of rotatable bonds is 5. The SMILES string of the molecule is CC(N)CCNC(=O)c1cc(C2CC2)nc2ccc(F)cc12. The molecular weight excluding hydrogens is 281 g/mol.